The molecule has 0 unspecified atom stereocenters. The lowest BCUT2D eigenvalue weighted by Crippen LogP contribution is -2.58. The molecule has 3 heteroatoms. The summed E-state index contributed by atoms with van der Waals surface area (Å²) in [5, 5.41) is 22.2. The fourth-order valence-electron chi connectivity index (χ4n) is 2.60. The lowest BCUT2D eigenvalue weighted by Gasteiger charge is -2.49. The van der Waals surface area contributed by atoms with Crippen molar-refractivity contribution in [2.75, 3.05) is 6.61 Å². The molecule has 0 spiro atoms. The molecule has 0 aromatic rings. The van der Waals surface area contributed by atoms with Crippen molar-refractivity contribution in [3.8, 4) is 0 Å². The van der Waals surface area contributed by atoms with Gasteiger partial charge in [0.2, 0.25) is 0 Å². The van der Waals surface area contributed by atoms with Crippen molar-refractivity contribution in [3.05, 3.63) is 0 Å². The summed E-state index contributed by atoms with van der Waals surface area (Å²) in [6.07, 6.45) is 1.58. The van der Waals surface area contributed by atoms with Crippen LogP contribution in [0.3, 0.4) is 0 Å². The van der Waals surface area contributed by atoms with Gasteiger partial charge in [-0.2, -0.15) is 0 Å². The van der Waals surface area contributed by atoms with Crippen LogP contribution in [-0.4, -0.2) is 27.9 Å². The molecule has 1 rings (SSSR count). The van der Waals surface area contributed by atoms with Crippen molar-refractivity contribution in [2.45, 2.75) is 51.6 Å². The van der Waals surface area contributed by atoms with Crippen LogP contribution < -0.4 is 0 Å². The van der Waals surface area contributed by atoms with Gasteiger partial charge in [0.05, 0.1) is 0 Å². The molecule has 77 valence electrons. The average Bonchev–Trinajstić information content (AvgIpc) is 1.99. The number of nitrogens with zero attached hydrogens (tertiary/aromatic N) is 1. The Morgan fingerprint density at radius 1 is 1.23 bits per heavy atom. The zero-order chi connectivity index (χ0) is 10.3. The van der Waals surface area contributed by atoms with Crippen LogP contribution in [0.25, 0.3) is 0 Å². The Labute approximate surface area is 80.3 Å². The van der Waals surface area contributed by atoms with Gasteiger partial charge < -0.3 is 5.11 Å². The van der Waals surface area contributed by atoms with E-state index in [0.717, 1.165) is 12.8 Å². The Kier molecular flexibility index (Phi) is 2.72. The van der Waals surface area contributed by atoms with Gasteiger partial charge >= 0.3 is 0 Å². The lowest BCUT2D eigenvalue weighted by molar-refractivity contribution is -0.295. The Morgan fingerprint density at radius 2 is 1.62 bits per heavy atom. The lowest BCUT2D eigenvalue weighted by atomic mass is 9.76. The first-order chi connectivity index (χ1) is 5.79. The van der Waals surface area contributed by atoms with E-state index in [1.54, 1.807) is 0 Å². The number of aliphatic hydroxyl groups excluding tert-OH is 1. The summed E-state index contributed by atoms with van der Waals surface area (Å²) in [5.74, 6) is 0.273. The zero-order valence-electron chi connectivity index (χ0n) is 9.00. The van der Waals surface area contributed by atoms with Crippen LogP contribution in [0.4, 0.5) is 0 Å². The number of aliphatic hydroxyl groups is 1. The maximum Gasteiger partial charge on any atom is 0.0460 e. The molecule has 1 heterocycles. The van der Waals surface area contributed by atoms with Gasteiger partial charge in [-0.25, -0.2) is 0 Å². The maximum absolute atomic E-state index is 11.9. The minimum atomic E-state index is -0.338. The summed E-state index contributed by atoms with van der Waals surface area (Å²) in [4.78, 5) is 0. The molecule has 1 aliphatic heterocycles. The van der Waals surface area contributed by atoms with E-state index in [9.17, 15) is 5.21 Å². The molecule has 13 heavy (non-hydrogen) atoms. The van der Waals surface area contributed by atoms with E-state index in [1.807, 2.05) is 27.7 Å². The van der Waals surface area contributed by atoms with Gasteiger partial charge in [-0.3, -0.25) is 0 Å². The fraction of sp³-hybridized carbons (Fsp3) is 1.00. The third-order valence-corrected chi connectivity index (χ3v) is 2.93. The summed E-state index contributed by atoms with van der Waals surface area (Å²) >= 11 is 0. The van der Waals surface area contributed by atoms with Crippen molar-refractivity contribution in [1.29, 1.82) is 0 Å². The van der Waals surface area contributed by atoms with Crippen LogP contribution in [0.1, 0.15) is 40.5 Å². The van der Waals surface area contributed by atoms with Crippen LogP contribution in [0, 0.1) is 5.92 Å². The van der Waals surface area contributed by atoms with E-state index in [-0.39, 0.29) is 23.6 Å². The molecule has 0 atom stereocenters. The minimum Gasteiger partial charge on any atom is -0.396 e. The Morgan fingerprint density at radius 3 is 1.92 bits per heavy atom. The molecule has 3 nitrogen and oxygen atoms in total. The third-order valence-electron chi connectivity index (χ3n) is 2.93. The monoisotopic (exact) mass is 186 g/mol. The van der Waals surface area contributed by atoms with Crippen molar-refractivity contribution in [2.24, 2.45) is 5.92 Å². The number of hydrogen-bond acceptors (Lipinski definition) is 2. The number of hydroxylamine groups is 2. The summed E-state index contributed by atoms with van der Waals surface area (Å²) < 4.78 is 0. The number of hydrogen-bond donors (Lipinski definition) is 1. The molecule has 1 fully saturated rings. The molecule has 1 N–H and O–H groups in total. The zero-order valence-corrected chi connectivity index (χ0v) is 9.00. The number of rotatable bonds is 1. The molecule has 0 aromatic carbocycles. The second-order valence-corrected chi connectivity index (χ2v) is 5.38. The summed E-state index contributed by atoms with van der Waals surface area (Å²) in [5.41, 5.74) is -0.676. The van der Waals surface area contributed by atoms with Crippen molar-refractivity contribution >= 4 is 0 Å². The van der Waals surface area contributed by atoms with Gasteiger partial charge in [-0.05, 0) is 46.5 Å². The Bertz CT molecular complexity index is 171. The van der Waals surface area contributed by atoms with E-state index >= 15 is 0 Å². The first-order valence-corrected chi connectivity index (χ1v) is 4.88. The smallest absolute Gasteiger partial charge is 0.0460 e. The highest BCUT2D eigenvalue weighted by Crippen LogP contribution is 2.39. The molecular formula is C10H20NO2. The van der Waals surface area contributed by atoms with Crippen molar-refractivity contribution < 1.29 is 10.3 Å². The van der Waals surface area contributed by atoms with Gasteiger partial charge in [0.15, 0.2) is 0 Å². The van der Waals surface area contributed by atoms with E-state index in [4.69, 9.17) is 5.11 Å². The van der Waals surface area contributed by atoms with E-state index < -0.39 is 0 Å². The molecule has 1 aliphatic rings. The second-order valence-electron chi connectivity index (χ2n) is 5.38. The van der Waals surface area contributed by atoms with Gasteiger partial charge in [0, 0.05) is 17.7 Å². The second kappa shape index (κ2) is 3.23. The van der Waals surface area contributed by atoms with Crippen LogP contribution in [-0.2, 0) is 5.21 Å². The molecule has 0 saturated carbocycles. The van der Waals surface area contributed by atoms with Crippen molar-refractivity contribution in [3.63, 3.8) is 0 Å². The largest absolute Gasteiger partial charge is 0.396 e. The topological polar surface area (TPSA) is 43.4 Å². The van der Waals surface area contributed by atoms with Crippen LogP contribution >= 0.6 is 0 Å². The molecular weight excluding hydrogens is 166 g/mol. The first-order valence-electron chi connectivity index (χ1n) is 4.88. The quantitative estimate of drug-likeness (QED) is 0.676. The number of piperidine rings is 1. The maximum atomic E-state index is 11.9. The predicted octanol–water partition coefficient (Wildman–Crippen LogP) is 1.59. The standard InChI is InChI=1S/C10H20NO2/c1-9(2)5-8(7-12)6-10(3,4)11(9)13/h8,12H,5-7H2,1-4H3. The predicted molar refractivity (Wildman–Crippen MR) is 50.5 cm³/mol. The van der Waals surface area contributed by atoms with Crippen molar-refractivity contribution in [1.82, 2.24) is 5.06 Å². The van der Waals surface area contributed by atoms with Crippen LogP contribution in [0.5, 0.6) is 0 Å². The molecule has 1 saturated heterocycles. The van der Waals surface area contributed by atoms with E-state index in [0.29, 0.717) is 0 Å². The third kappa shape index (κ3) is 2.03. The van der Waals surface area contributed by atoms with Gasteiger partial charge in [-0.15, -0.1) is 10.3 Å². The molecule has 0 aliphatic carbocycles. The molecule has 0 amide bonds. The summed E-state index contributed by atoms with van der Waals surface area (Å²) in [7, 11) is 0. The van der Waals surface area contributed by atoms with Gasteiger partial charge in [0.1, 0.15) is 0 Å². The highest BCUT2D eigenvalue weighted by Gasteiger charge is 2.45. The molecule has 1 radical (unpaired) electrons. The van der Waals surface area contributed by atoms with Crippen LogP contribution in [0.15, 0.2) is 0 Å². The van der Waals surface area contributed by atoms with E-state index in [1.165, 1.54) is 5.06 Å². The first kappa shape index (κ1) is 11.0. The highest BCUT2D eigenvalue weighted by atomic mass is 16.5. The SMILES string of the molecule is CC1(C)CC(CO)CC(C)(C)N1[O]. The Hall–Kier alpha value is -0.120. The van der Waals surface area contributed by atoms with E-state index in [2.05, 4.69) is 0 Å². The summed E-state index contributed by atoms with van der Waals surface area (Å²) in [6.45, 7) is 7.99. The van der Waals surface area contributed by atoms with Gasteiger partial charge in [0.25, 0.3) is 0 Å². The molecule has 0 bridgehead atoms. The van der Waals surface area contributed by atoms with Crippen LogP contribution in [0.2, 0.25) is 0 Å². The normalized spacial score (nSPS) is 29.1. The summed E-state index contributed by atoms with van der Waals surface area (Å²) in [6, 6.07) is 0. The fourth-order valence-corrected chi connectivity index (χ4v) is 2.60. The average molecular weight is 186 g/mol. The Balaban J connectivity index is 2.82. The minimum absolute atomic E-state index is 0.195. The molecule has 0 aromatic heterocycles. The van der Waals surface area contributed by atoms with Gasteiger partial charge in [-0.1, -0.05) is 0 Å². The highest BCUT2D eigenvalue weighted by molar-refractivity contribution is 4.95.